The minimum Gasteiger partial charge on any atom is -0.207 e. The molecule has 0 saturated heterocycles. The smallest absolute Gasteiger partial charge is 0.123 e. The fourth-order valence-electron chi connectivity index (χ4n) is 0.718. The highest BCUT2D eigenvalue weighted by Gasteiger charge is 1.86. The fraction of sp³-hybridized carbons (Fsp3) is 0. The summed E-state index contributed by atoms with van der Waals surface area (Å²) in [4.78, 5) is 0. The molecule has 1 rings (SSSR count). The van der Waals surface area contributed by atoms with Crippen LogP contribution in [-0.4, -0.2) is 0 Å². The molecule has 0 aromatic heterocycles. The molecule has 11 heavy (non-hydrogen) atoms. The van der Waals surface area contributed by atoms with Crippen LogP contribution < -0.4 is 0 Å². The Morgan fingerprint density at radius 2 is 1.91 bits per heavy atom. The molecule has 0 fully saturated rings. The summed E-state index contributed by atoms with van der Waals surface area (Å²) in [5.41, 5.74) is 0.907. The van der Waals surface area contributed by atoms with Crippen LogP contribution in [0.15, 0.2) is 30.3 Å². The molecular formula is C10H7F. The third-order valence-electron chi connectivity index (χ3n) is 1.24. The molecule has 0 bridgehead atoms. The van der Waals surface area contributed by atoms with Crippen LogP contribution in [0.3, 0.4) is 0 Å². The zero-order valence-corrected chi connectivity index (χ0v) is 5.92. The maximum Gasteiger partial charge on any atom is 0.123 e. The van der Waals surface area contributed by atoms with Crippen molar-refractivity contribution in [1.29, 1.82) is 0 Å². The second kappa shape index (κ2) is 3.58. The Balaban J connectivity index is 2.84. The summed E-state index contributed by atoms with van der Waals surface area (Å²) in [6.45, 7) is 0. The number of halogens is 1. The van der Waals surface area contributed by atoms with Gasteiger partial charge in [0.2, 0.25) is 0 Å². The molecule has 54 valence electrons. The number of benzene rings is 1. The topological polar surface area (TPSA) is 0 Å². The number of allylic oxidation sites excluding steroid dienone is 1. The number of terminal acetylenes is 1. The summed E-state index contributed by atoms with van der Waals surface area (Å²) in [6.07, 6.45) is 8.32. The van der Waals surface area contributed by atoms with Gasteiger partial charge in [-0.15, -0.1) is 6.42 Å². The van der Waals surface area contributed by atoms with Crippen molar-refractivity contribution in [3.63, 3.8) is 0 Å². The SMILES string of the molecule is C#CC=Cc1ccc(F)cc1. The predicted octanol–water partition coefficient (Wildman–Crippen LogP) is 2.47. The summed E-state index contributed by atoms with van der Waals surface area (Å²) in [7, 11) is 0. The highest BCUT2D eigenvalue weighted by atomic mass is 19.1. The van der Waals surface area contributed by atoms with E-state index in [1.54, 1.807) is 24.3 Å². The van der Waals surface area contributed by atoms with E-state index in [1.807, 2.05) is 0 Å². The van der Waals surface area contributed by atoms with Crippen molar-refractivity contribution in [3.05, 3.63) is 41.7 Å². The lowest BCUT2D eigenvalue weighted by Crippen LogP contribution is -1.73. The lowest BCUT2D eigenvalue weighted by atomic mass is 10.2. The molecule has 1 aromatic rings. The maximum atomic E-state index is 12.3. The number of rotatable bonds is 1. The first-order chi connectivity index (χ1) is 5.33. The molecule has 0 saturated carbocycles. The zero-order valence-electron chi connectivity index (χ0n) is 5.92. The number of hydrogen-bond donors (Lipinski definition) is 0. The van der Waals surface area contributed by atoms with Crippen LogP contribution in [-0.2, 0) is 0 Å². The minimum absolute atomic E-state index is 0.233. The lowest BCUT2D eigenvalue weighted by Gasteiger charge is -1.89. The molecule has 1 heteroatoms. The van der Waals surface area contributed by atoms with Gasteiger partial charge in [-0.3, -0.25) is 0 Å². The van der Waals surface area contributed by atoms with Crippen LogP contribution in [0.25, 0.3) is 6.08 Å². The van der Waals surface area contributed by atoms with Gasteiger partial charge in [0.1, 0.15) is 5.82 Å². The van der Waals surface area contributed by atoms with E-state index in [0.717, 1.165) is 5.56 Å². The van der Waals surface area contributed by atoms with E-state index in [0.29, 0.717) is 0 Å². The normalized spacial score (nSPS) is 9.82. The first-order valence-electron chi connectivity index (χ1n) is 3.21. The van der Waals surface area contributed by atoms with E-state index in [1.165, 1.54) is 12.1 Å². The van der Waals surface area contributed by atoms with Crippen LogP contribution in [0.4, 0.5) is 4.39 Å². The standard InChI is InChI=1S/C10H7F/c1-2-3-4-9-5-7-10(11)8-6-9/h1,3-8H. The van der Waals surface area contributed by atoms with Gasteiger partial charge >= 0.3 is 0 Å². The van der Waals surface area contributed by atoms with Crippen LogP contribution in [0.2, 0.25) is 0 Å². The Morgan fingerprint density at radius 3 is 2.45 bits per heavy atom. The largest absolute Gasteiger partial charge is 0.207 e. The van der Waals surface area contributed by atoms with Gasteiger partial charge in [0.25, 0.3) is 0 Å². The second-order valence-corrected chi connectivity index (χ2v) is 2.05. The van der Waals surface area contributed by atoms with Gasteiger partial charge in [0, 0.05) is 0 Å². The first-order valence-corrected chi connectivity index (χ1v) is 3.21. The van der Waals surface area contributed by atoms with Crippen molar-refractivity contribution < 1.29 is 4.39 Å². The Labute approximate surface area is 65.4 Å². The Morgan fingerprint density at radius 1 is 1.27 bits per heavy atom. The first kappa shape index (κ1) is 7.56. The Bertz CT molecular complexity index is 288. The van der Waals surface area contributed by atoms with Crippen molar-refractivity contribution in [2.45, 2.75) is 0 Å². The molecule has 0 aliphatic rings. The summed E-state index contributed by atoms with van der Waals surface area (Å²) < 4.78 is 12.3. The molecule has 0 spiro atoms. The zero-order chi connectivity index (χ0) is 8.10. The van der Waals surface area contributed by atoms with Gasteiger partial charge in [-0.1, -0.05) is 18.1 Å². The molecule has 0 aliphatic carbocycles. The van der Waals surface area contributed by atoms with Crippen LogP contribution in [0.1, 0.15) is 5.56 Å². The monoisotopic (exact) mass is 146 g/mol. The van der Waals surface area contributed by atoms with Crippen molar-refractivity contribution in [3.8, 4) is 12.3 Å². The van der Waals surface area contributed by atoms with E-state index >= 15 is 0 Å². The van der Waals surface area contributed by atoms with Crippen molar-refractivity contribution in [2.75, 3.05) is 0 Å². The molecule has 0 nitrogen and oxygen atoms in total. The van der Waals surface area contributed by atoms with Crippen LogP contribution >= 0.6 is 0 Å². The minimum atomic E-state index is -0.233. The van der Waals surface area contributed by atoms with Crippen molar-refractivity contribution >= 4 is 6.08 Å². The van der Waals surface area contributed by atoms with Gasteiger partial charge < -0.3 is 0 Å². The van der Waals surface area contributed by atoms with E-state index in [2.05, 4.69) is 5.92 Å². The van der Waals surface area contributed by atoms with Gasteiger partial charge in [-0.05, 0) is 29.8 Å². The molecule has 0 aliphatic heterocycles. The summed E-state index contributed by atoms with van der Waals surface area (Å²) >= 11 is 0. The number of hydrogen-bond acceptors (Lipinski definition) is 0. The maximum absolute atomic E-state index is 12.3. The second-order valence-electron chi connectivity index (χ2n) is 2.05. The van der Waals surface area contributed by atoms with Crippen molar-refractivity contribution in [1.82, 2.24) is 0 Å². The quantitative estimate of drug-likeness (QED) is 0.534. The van der Waals surface area contributed by atoms with E-state index < -0.39 is 0 Å². The molecule has 0 amide bonds. The Hall–Kier alpha value is -1.55. The Kier molecular flexibility index (Phi) is 2.46. The molecule has 0 heterocycles. The third kappa shape index (κ3) is 2.27. The van der Waals surface area contributed by atoms with E-state index in [-0.39, 0.29) is 5.82 Å². The summed E-state index contributed by atoms with van der Waals surface area (Å²) in [6, 6.07) is 6.14. The molecular weight excluding hydrogens is 139 g/mol. The third-order valence-corrected chi connectivity index (χ3v) is 1.24. The van der Waals surface area contributed by atoms with Gasteiger partial charge in [-0.2, -0.15) is 0 Å². The average molecular weight is 146 g/mol. The predicted molar refractivity (Wildman–Crippen MR) is 44.3 cm³/mol. The van der Waals surface area contributed by atoms with E-state index in [4.69, 9.17) is 6.42 Å². The van der Waals surface area contributed by atoms with Gasteiger partial charge in [-0.25, -0.2) is 4.39 Å². The fourth-order valence-corrected chi connectivity index (χ4v) is 0.718. The molecule has 0 radical (unpaired) electrons. The molecule has 1 aromatic carbocycles. The molecule has 0 unspecified atom stereocenters. The molecule has 0 atom stereocenters. The summed E-state index contributed by atoms with van der Waals surface area (Å²) in [5, 5.41) is 0. The van der Waals surface area contributed by atoms with Gasteiger partial charge in [0.05, 0.1) is 0 Å². The van der Waals surface area contributed by atoms with Crippen LogP contribution in [0, 0.1) is 18.2 Å². The van der Waals surface area contributed by atoms with Crippen molar-refractivity contribution in [2.24, 2.45) is 0 Å². The lowest BCUT2D eigenvalue weighted by molar-refractivity contribution is 0.628. The van der Waals surface area contributed by atoms with Gasteiger partial charge in [0.15, 0.2) is 0 Å². The van der Waals surface area contributed by atoms with E-state index in [9.17, 15) is 4.39 Å². The highest BCUT2D eigenvalue weighted by molar-refractivity contribution is 5.51. The molecule has 0 N–H and O–H groups in total. The highest BCUT2D eigenvalue weighted by Crippen LogP contribution is 2.03. The average Bonchev–Trinajstić information content (AvgIpc) is 2.04. The summed E-state index contributed by atoms with van der Waals surface area (Å²) in [5.74, 6) is 2.12. The van der Waals surface area contributed by atoms with Crippen LogP contribution in [0.5, 0.6) is 0 Å².